The van der Waals surface area contributed by atoms with Gasteiger partial charge in [0.1, 0.15) is 11.5 Å². The number of anilines is 1. The average molecular weight is 220 g/mol. The molecule has 0 saturated heterocycles. The first-order chi connectivity index (χ1) is 7.19. The third-order valence-electron chi connectivity index (χ3n) is 1.96. The van der Waals surface area contributed by atoms with E-state index in [1.54, 1.807) is 11.3 Å². The summed E-state index contributed by atoms with van der Waals surface area (Å²) in [5, 5.41) is 6.01. The minimum absolute atomic E-state index is 0.684. The zero-order valence-corrected chi connectivity index (χ0v) is 9.72. The number of hydrogen-bond donors (Lipinski definition) is 1. The Hall–Kier alpha value is -1.49. The molecule has 4 nitrogen and oxygen atoms in total. The van der Waals surface area contributed by atoms with E-state index in [0.29, 0.717) is 5.82 Å². The maximum absolute atomic E-state index is 4.36. The standard InChI is InChI=1S/C10H12N4S/c1-6-4-9(11-3)14-10(12-6)8-5-15-7(2)13-8/h4-5H,1-3H3,(H,11,12,14). The third-order valence-corrected chi connectivity index (χ3v) is 2.73. The highest BCUT2D eigenvalue weighted by Crippen LogP contribution is 2.19. The summed E-state index contributed by atoms with van der Waals surface area (Å²) in [4.78, 5) is 13.1. The lowest BCUT2D eigenvalue weighted by Gasteiger charge is -2.02. The smallest absolute Gasteiger partial charge is 0.181 e. The molecule has 2 aromatic heterocycles. The Bertz CT molecular complexity index is 478. The van der Waals surface area contributed by atoms with Crippen LogP contribution in [0.5, 0.6) is 0 Å². The molecule has 2 aromatic rings. The monoisotopic (exact) mass is 220 g/mol. The highest BCUT2D eigenvalue weighted by atomic mass is 32.1. The fourth-order valence-electron chi connectivity index (χ4n) is 1.28. The lowest BCUT2D eigenvalue weighted by atomic mass is 10.3. The number of aromatic nitrogens is 3. The molecule has 15 heavy (non-hydrogen) atoms. The van der Waals surface area contributed by atoms with Gasteiger partial charge in [0.2, 0.25) is 0 Å². The van der Waals surface area contributed by atoms with Crippen molar-refractivity contribution in [2.24, 2.45) is 0 Å². The van der Waals surface area contributed by atoms with E-state index in [0.717, 1.165) is 22.2 Å². The first-order valence-electron chi connectivity index (χ1n) is 4.65. The number of hydrogen-bond acceptors (Lipinski definition) is 5. The van der Waals surface area contributed by atoms with Crippen molar-refractivity contribution in [2.45, 2.75) is 13.8 Å². The van der Waals surface area contributed by atoms with E-state index in [1.165, 1.54) is 0 Å². The molecule has 78 valence electrons. The van der Waals surface area contributed by atoms with E-state index in [-0.39, 0.29) is 0 Å². The number of thiazole rings is 1. The second-order valence-electron chi connectivity index (χ2n) is 3.22. The Morgan fingerprint density at radius 3 is 2.60 bits per heavy atom. The summed E-state index contributed by atoms with van der Waals surface area (Å²) in [5.74, 6) is 1.51. The molecule has 0 fully saturated rings. The summed E-state index contributed by atoms with van der Waals surface area (Å²) in [7, 11) is 1.85. The van der Waals surface area contributed by atoms with Crippen LogP contribution in [0.15, 0.2) is 11.4 Å². The molecule has 0 aliphatic heterocycles. The third kappa shape index (κ3) is 2.12. The van der Waals surface area contributed by atoms with Crippen molar-refractivity contribution in [1.29, 1.82) is 0 Å². The molecule has 0 aliphatic carbocycles. The van der Waals surface area contributed by atoms with Gasteiger partial charge in [-0.25, -0.2) is 15.0 Å². The predicted molar refractivity (Wildman–Crippen MR) is 62.2 cm³/mol. The van der Waals surface area contributed by atoms with Crippen LogP contribution >= 0.6 is 11.3 Å². The minimum Gasteiger partial charge on any atom is -0.373 e. The molecular formula is C10H12N4S. The first kappa shape index (κ1) is 10.0. The summed E-state index contributed by atoms with van der Waals surface area (Å²) in [5.41, 5.74) is 1.78. The highest BCUT2D eigenvalue weighted by Gasteiger charge is 2.07. The normalized spacial score (nSPS) is 10.3. The van der Waals surface area contributed by atoms with E-state index < -0.39 is 0 Å². The predicted octanol–water partition coefficient (Wildman–Crippen LogP) is 2.26. The van der Waals surface area contributed by atoms with Crippen molar-refractivity contribution in [2.75, 3.05) is 12.4 Å². The Morgan fingerprint density at radius 1 is 1.20 bits per heavy atom. The fraction of sp³-hybridized carbons (Fsp3) is 0.300. The number of rotatable bonds is 2. The summed E-state index contributed by atoms with van der Waals surface area (Å²) in [6.45, 7) is 3.92. The van der Waals surface area contributed by atoms with E-state index in [4.69, 9.17) is 0 Å². The Kier molecular flexibility index (Phi) is 2.64. The van der Waals surface area contributed by atoms with Crippen LogP contribution in [0.1, 0.15) is 10.7 Å². The highest BCUT2D eigenvalue weighted by molar-refractivity contribution is 7.09. The molecule has 1 N–H and O–H groups in total. The maximum Gasteiger partial charge on any atom is 0.181 e. The zero-order valence-electron chi connectivity index (χ0n) is 8.90. The van der Waals surface area contributed by atoms with Crippen LogP contribution in [0.25, 0.3) is 11.5 Å². The maximum atomic E-state index is 4.36. The molecule has 0 amide bonds. The molecule has 0 unspecified atom stereocenters. The molecule has 0 aromatic carbocycles. The van der Waals surface area contributed by atoms with Crippen molar-refractivity contribution in [3.05, 3.63) is 22.1 Å². The van der Waals surface area contributed by atoms with Gasteiger partial charge in [-0.15, -0.1) is 11.3 Å². The van der Waals surface area contributed by atoms with Gasteiger partial charge in [0.15, 0.2) is 5.82 Å². The van der Waals surface area contributed by atoms with Gasteiger partial charge in [-0.2, -0.15) is 0 Å². The van der Waals surface area contributed by atoms with Crippen molar-refractivity contribution in [3.63, 3.8) is 0 Å². The van der Waals surface area contributed by atoms with E-state index >= 15 is 0 Å². The van der Waals surface area contributed by atoms with Crippen molar-refractivity contribution in [1.82, 2.24) is 15.0 Å². The molecule has 5 heteroatoms. The van der Waals surface area contributed by atoms with Gasteiger partial charge in [-0.1, -0.05) is 0 Å². The van der Waals surface area contributed by atoms with Crippen LogP contribution in [0, 0.1) is 13.8 Å². The van der Waals surface area contributed by atoms with Gasteiger partial charge in [0, 0.05) is 24.2 Å². The van der Waals surface area contributed by atoms with Crippen LogP contribution in [0.2, 0.25) is 0 Å². The molecule has 2 heterocycles. The summed E-state index contributed by atoms with van der Waals surface area (Å²) in [6.07, 6.45) is 0. The van der Waals surface area contributed by atoms with Crippen LogP contribution in [0.3, 0.4) is 0 Å². The lowest BCUT2D eigenvalue weighted by Crippen LogP contribution is -1.98. The zero-order chi connectivity index (χ0) is 10.8. The minimum atomic E-state index is 0.684. The Labute approximate surface area is 92.4 Å². The second kappa shape index (κ2) is 3.94. The molecule has 0 saturated carbocycles. The average Bonchev–Trinajstić information content (AvgIpc) is 2.64. The molecule has 0 atom stereocenters. The summed E-state index contributed by atoms with van der Waals surface area (Å²) < 4.78 is 0. The number of nitrogens with zero attached hydrogens (tertiary/aromatic N) is 3. The first-order valence-corrected chi connectivity index (χ1v) is 5.53. The second-order valence-corrected chi connectivity index (χ2v) is 4.28. The van der Waals surface area contributed by atoms with Gasteiger partial charge in [-0.05, 0) is 13.8 Å². The van der Waals surface area contributed by atoms with Crippen LogP contribution < -0.4 is 5.32 Å². The van der Waals surface area contributed by atoms with Crippen molar-refractivity contribution >= 4 is 17.2 Å². The topological polar surface area (TPSA) is 50.7 Å². The van der Waals surface area contributed by atoms with Gasteiger partial charge in [0.25, 0.3) is 0 Å². The van der Waals surface area contributed by atoms with Crippen LogP contribution in [-0.4, -0.2) is 22.0 Å². The molecule has 0 aliphatic rings. The SMILES string of the molecule is CNc1cc(C)nc(-c2csc(C)n2)n1. The molecule has 0 radical (unpaired) electrons. The van der Waals surface area contributed by atoms with E-state index in [9.17, 15) is 0 Å². The van der Waals surface area contributed by atoms with E-state index in [1.807, 2.05) is 32.3 Å². The van der Waals surface area contributed by atoms with Crippen LogP contribution in [0.4, 0.5) is 5.82 Å². The quantitative estimate of drug-likeness (QED) is 0.843. The largest absolute Gasteiger partial charge is 0.373 e. The van der Waals surface area contributed by atoms with Gasteiger partial charge >= 0.3 is 0 Å². The van der Waals surface area contributed by atoms with Crippen molar-refractivity contribution in [3.8, 4) is 11.5 Å². The van der Waals surface area contributed by atoms with E-state index in [2.05, 4.69) is 20.3 Å². The molecule has 0 bridgehead atoms. The number of nitrogens with one attached hydrogen (secondary N) is 1. The summed E-state index contributed by atoms with van der Waals surface area (Å²) >= 11 is 1.61. The van der Waals surface area contributed by atoms with Crippen LogP contribution in [-0.2, 0) is 0 Å². The van der Waals surface area contributed by atoms with Gasteiger partial charge in [0.05, 0.1) is 5.01 Å². The molecular weight excluding hydrogens is 208 g/mol. The fourth-order valence-corrected chi connectivity index (χ4v) is 1.87. The Morgan fingerprint density at radius 2 is 2.00 bits per heavy atom. The van der Waals surface area contributed by atoms with Gasteiger partial charge < -0.3 is 5.32 Å². The lowest BCUT2D eigenvalue weighted by molar-refractivity contribution is 1.09. The van der Waals surface area contributed by atoms with Gasteiger partial charge in [-0.3, -0.25) is 0 Å². The summed E-state index contributed by atoms with van der Waals surface area (Å²) in [6, 6.07) is 1.91. The molecule has 2 rings (SSSR count). The Balaban J connectivity index is 2.48. The van der Waals surface area contributed by atoms with Crippen molar-refractivity contribution < 1.29 is 0 Å². The number of aryl methyl sites for hydroxylation is 2. The molecule has 0 spiro atoms.